The molecule has 80 valence electrons. The van der Waals surface area contributed by atoms with Gasteiger partial charge in [-0.15, -0.1) is 0 Å². The second kappa shape index (κ2) is 5.44. The summed E-state index contributed by atoms with van der Waals surface area (Å²) in [5.41, 5.74) is 2.66. The maximum Gasteiger partial charge on any atom is 0.184 e. The molecule has 0 saturated heterocycles. The fourth-order valence-electron chi connectivity index (χ4n) is 1.57. The van der Waals surface area contributed by atoms with E-state index in [2.05, 4.69) is 6.08 Å². The quantitative estimate of drug-likeness (QED) is 0.521. The molecule has 0 aromatic heterocycles. The average molecular weight is 204 g/mol. The van der Waals surface area contributed by atoms with Gasteiger partial charge in [0.05, 0.1) is 0 Å². The highest BCUT2D eigenvalue weighted by atomic mass is 16.1. The first-order valence-corrected chi connectivity index (χ1v) is 5.20. The average Bonchev–Trinajstić information content (AvgIpc) is 2.21. The topological polar surface area (TPSA) is 34.1 Å². The van der Waals surface area contributed by atoms with Crippen LogP contribution >= 0.6 is 0 Å². The molecule has 0 radical (unpaired) electrons. The van der Waals surface area contributed by atoms with E-state index in [0.29, 0.717) is 6.42 Å². The molecule has 1 aliphatic rings. The molecular weight excluding hydrogens is 188 g/mol. The Morgan fingerprint density at radius 1 is 1.13 bits per heavy atom. The third-order valence-corrected chi connectivity index (χ3v) is 2.39. The molecule has 0 heterocycles. The van der Waals surface area contributed by atoms with Gasteiger partial charge in [-0.05, 0) is 55.6 Å². The van der Waals surface area contributed by atoms with Gasteiger partial charge >= 0.3 is 0 Å². The molecule has 0 N–H and O–H groups in total. The number of hydrogen-bond acceptors (Lipinski definition) is 2. The highest BCUT2D eigenvalue weighted by molar-refractivity contribution is 6.09. The van der Waals surface area contributed by atoms with E-state index in [4.69, 9.17) is 0 Å². The van der Waals surface area contributed by atoms with Crippen molar-refractivity contribution in [1.29, 1.82) is 0 Å². The lowest BCUT2D eigenvalue weighted by Crippen LogP contribution is -2.05. The minimum Gasteiger partial charge on any atom is -0.303 e. The first kappa shape index (κ1) is 11.6. The summed E-state index contributed by atoms with van der Waals surface area (Å²) in [6.07, 6.45) is 9.17. The summed E-state index contributed by atoms with van der Waals surface area (Å²) in [6, 6.07) is 0. The van der Waals surface area contributed by atoms with Crippen LogP contribution in [0, 0.1) is 0 Å². The number of Topliss-reactive ketones (excluding diaryl/α,β-unsaturated/α-hetero) is 1. The van der Waals surface area contributed by atoms with Gasteiger partial charge in [0.25, 0.3) is 0 Å². The van der Waals surface area contributed by atoms with Gasteiger partial charge in [-0.3, -0.25) is 4.79 Å². The summed E-state index contributed by atoms with van der Waals surface area (Å²) in [5, 5.41) is 0. The van der Waals surface area contributed by atoms with E-state index in [1.54, 1.807) is 0 Å². The molecule has 0 spiro atoms. The third-order valence-electron chi connectivity index (χ3n) is 2.39. The van der Waals surface area contributed by atoms with E-state index in [1.165, 1.54) is 0 Å². The largest absolute Gasteiger partial charge is 0.303 e. The minimum atomic E-state index is 0.125. The molecule has 2 nitrogen and oxygen atoms in total. The number of unbranched alkanes of at least 4 members (excludes halogenated alkanes) is 2. The van der Waals surface area contributed by atoms with Crippen molar-refractivity contribution in [2.45, 2.75) is 33.1 Å². The Morgan fingerprint density at radius 2 is 1.73 bits per heavy atom. The van der Waals surface area contributed by atoms with Crippen LogP contribution in [0.25, 0.3) is 0 Å². The molecule has 0 fully saturated rings. The van der Waals surface area contributed by atoms with Gasteiger partial charge in [0.2, 0.25) is 0 Å². The van der Waals surface area contributed by atoms with Crippen LogP contribution in [-0.4, -0.2) is 12.1 Å². The Bertz CT molecular complexity index is 333. The number of ketones is 1. The van der Waals surface area contributed by atoms with Gasteiger partial charge in [-0.2, -0.15) is 0 Å². The van der Waals surface area contributed by atoms with Crippen LogP contribution in [0.5, 0.6) is 0 Å². The predicted octanol–water partition coefficient (Wildman–Crippen LogP) is 2.76. The molecule has 0 unspecified atom stereocenters. The SMILES string of the molecule is CC1=CC(=CCCCC=O)C=C(C)C1=O. The Hall–Kier alpha value is -1.44. The molecule has 2 heteroatoms. The first-order chi connectivity index (χ1) is 7.15. The van der Waals surface area contributed by atoms with E-state index >= 15 is 0 Å². The van der Waals surface area contributed by atoms with E-state index in [1.807, 2.05) is 26.0 Å². The smallest absolute Gasteiger partial charge is 0.184 e. The number of allylic oxidation sites excluding steroid dienone is 6. The minimum absolute atomic E-state index is 0.125. The second-order valence-corrected chi connectivity index (χ2v) is 3.79. The highest BCUT2D eigenvalue weighted by Gasteiger charge is 2.11. The standard InChI is InChI=1S/C13H16O2/c1-10-8-12(6-4-3-5-7-14)9-11(2)13(10)15/h6-9H,3-5H2,1-2H3. The zero-order valence-corrected chi connectivity index (χ0v) is 9.25. The zero-order chi connectivity index (χ0) is 11.3. The third kappa shape index (κ3) is 3.31. The molecule has 15 heavy (non-hydrogen) atoms. The lowest BCUT2D eigenvalue weighted by atomic mass is 9.95. The maximum absolute atomic E-state index is 11.4. The molecule has 0 aromatic carbocycles. The molecule has 1 aliphatic carbocycles. The van der Waals surface area contributed by atoms with Crippen LogP contribution in [0.1, 0.15) is 33.1 Å². The van der Waals surface area contributed by atoms with Crippen LogP contribution in [0.2, 0.25) is 0 Å². The number of aldehydes is 1. The summed E-state index contributed by atoms with van der Waals surface area (Å²) >= 11 is 0. The lowest BCUT2D eigenvalue weighted by molar-refractivity contribution is -0.112. The van der Waals surface area contributed by atoms with Crippen molar-refractivity contribution in [2.24, 2.45) is 0 Å². The molecule has 0 atom stereocenters. The van der Waals surface area contributed by atoms with Crippen molar-refractivity contribution >= 4 is 12.1 Å². The van der Waals surface area contributed by atoms with Crippen LogP contribution in [-0.2, 0) is 9.59 Å². The number of carbonyl (C=O) groups excluding carboxylic acids is 2. The van der Waals surface area contributed by atoms with Gasteiger partial charge in [0, 0.05) is 6.42 Å². The zero-order valence-electron chi connectivity index (χ0n) is 9.25. The van der Waals surface area contributed by atoms with Crippen molar-refractivity contribution in [1.82, 2.24) is 0 Å². The summed E-state index contributed by atoms with van der Waals surface area (Å²) in [5.74, 6) is 0.125. The van der Waals surface area contributed by atoms with Crippen LogP contribution in [0.3, 0.4) is 0 Å². The molecule has 0 aliphatic heterocycles. The fourth-order valence-corrected chi connectivity index (χ4v) is 1.57. The Morgan fingerprint density at radius 3 is 2.27 bits per heavy atom. The summed E-state index contributed by atoms with van der Waals surface area (Å²) in [6.45, 7) is 3.66. The van der Waals surface area contributed by atoms with E-state index < -0.39 is 0 Å². The molecule has 0 bridgehead atoms. The van der Waals surface area contributed by atoms with E-state index in [-0.39, 0.29) is 5.78 Å². The fraction of sp³-hybridized carbons (Fsp3) is 0.385. The molecular formula is C13H16O2. The van der Waals surface area contributed by atoms with Gasteiger partial charge in [0.1, 0.15) is 6.29 Å². The molecule has 0 aromatic rings. The summed E-state index contributed by atoms with van der Waals surface area (Å²) < 4.78 is 0. The van der Waals surface area contributed by atoms with Crippen LogP contribution in [0.15, 0.2) is 34.9 Å². The normalized spacial score (nSPS) is 15.9. The van der Waals surface area contributed by atoms with Crippen molar-refractivity contribution in [2.75, 3.05) is 0 Å². The summed E-state index contributed by atoms with van der Waals surface area (Å²) in [7, 11) is 0. The van der Waals surface area contributed by atoms with Crippen LogP contribution in [0.4, 0.5) is 0 Å². The van der Waals surface area contributed by atoms with Crippen molar-refractivity contribution in [3.63, 3.8) is 0 Å². The second-order valence-electron chi connectivity index (χ2n) is 3.79. The van der Waals surface area contributed by atoms with Crippen molar-refractivity contribution < 1.29 is 9.59 Å². The Labute approximate surface area is 90.4 Å². The van der Waals surface area contributed by atoms with Gasteiger partial charge in [0.15, 0.2) is 5.78 Å². The van der Waals surface area contributed by atoms with E-state index in [9.17, 15) is 9.59 Å². The molecule has 0 saturated carbocycles. The van der Waals surface area contributed by atoms with Crippen LogP contribution < -0.4 is 0 Å². The van der Waals surface area contributed by atoms with Crippen molar-refractivity contribution in [3.8, 4) is 0 Å². The number of rotatable bonds is 4. The van der Waals surface area contributed by atoms with Gasteiger partial charge in [-0.1, -0.05) is 6.08 Å². The number of carbonyl (C=O) groups is 2. The number of hydrogen-bond donors (Lipinski definition) is 0. The first-order valence-electron chi connectivity index (χ1n) is 5.20. The van der Waals surface area contributed by atoms with Crippen molar-refractivity contribution in [3.05, 3.63) is 34.9 Å². The lowest BCUT2D eigenvalue weighted by Gasteiger charge is -2.09. The molecule has 1 rings (SSSR count). The Kier molecular flexibility index (Phi) is 4.22. The van der Waals surface area contributed by atoms with Gasteiger partial charge < -0.3 is 4.79 Å². The Balaban J connectivity index is 2.63. The predicted molar refractivity (Wildman–Crippen MR) is 60.5 cm³/mol. The monoisotopic (exact) mass is 204 g/mol. The maximum atomic E-state index is 11.4. The molecule has 0 amide bonds. The van der Waals surface area contributed by atoms with E-state index in [0.717, 1.165) is 35.8 Å². The van der Waals surface area contributed by atoms with Gasteiger partial charge in [-0.25, -0.2) is 0 Å². The summed E-state index contributed by atoms with van der Waals surface area (Å²) in [4.78, 5) is 21.6. The highest BCUT2D eigenvalue weighted by Crippen LogP contribution is 2.18.